The van der Waals surface area contributed by atoms with Crippen LogP contribution in [0.2, 0.25) is 0 Å². The van der Waals surface area contributed by atoms with Crippen LogP contribution in [0.25, 0.3) is 10.8 Å². The number of guanidine groups is 1. The molecule has 0 bridgehead atoms. The van der Waals surface area contributed by atoms with Gasteiger partial charge in [0, 0.05) is 33.2 Å². The minimum Gasteiger partial charge on any atom is -0.443 e. The molecular weight excluding hydrogens is 366 g/mol. The van der Waals surface area contributed by atoms with Crippen LogP contribution in [0.1, 0.15) is 5.69 Å². The van der Waals surface area contributed by atoms with Crippen molar-refractivity contribution in [2.45, 2.75) is 6.54 Å². The molecule has 0 unspecified atom stereocenters. The fourth-order valence-electron chi connectivity index (χ4n) is 2.99. The summed E-state index contributed by atoms with van der Waals surface area (Å²) in [7, 11) is 1.83. The van der Waals surface area contributed by atoms with Gasteiger partial charge in [-0.3, -0.25) is 4.99 Å². The summed E-state index contributed by atoms with van der Waals surface area (Å²) in [5.74, 6) is 1.59. The summed E-state index contributed by atoms with van der Waals surface area (Å²) in [6.07, 6.45) is 1.71. The smallest absolute Gasteiger partial charge is 0.236 e. The van der Waals surface area contributed by atoms with E-state index in [-0.39, 0.29) is 0 Å². The summed E-state index contributed by atoms with van der Waals surface area (Å²) in [5, 5.41) is 8.90. The summed E-state index contributed by atoms with van der Waals surface area (Å²) in [5.41, 5.74) is 0.881. The maximum absolute atomic E-state index is 5.58. The lowest BCUT2D eigenvalue weighted by molar-refractivity contribution is 0.373. The first-order valence-electron chi connectivity index (χ1n) is 8.56. The van der Waals surface area contributed by atoms with E-state index >= 15 is 0 Å². The van der Waals surface area contributed by atoms with Crippen molar-refractivity contribution in [3.05, 3.63) is 47.0 Å². The highest BCUT2D eigenvalue weighted by atomic mass is 32.1. The standard InChI is InChI=1S/C18H21N5OS2/c1-19-18(23-8-6-22(7-9-23)16-5-3-11-26-16)20-12-14-13-24-17(21-14)15-4-2-10-25-15/h2-5,10-11,13H,6-9,12H2,1H3,(H,19,20). The minimum atomic E-state index is 0.604. The molecule has 6 nitrogen and oxygen atoms in total. The van der Waals surface area contributed by atoms with E-state index in [4.69, 9.17) is 4.42 Å². The third kappa shape index (κ3) is 3.76. The van der Waals surface area contributed by atoms with Crippen LogP contribution in [0.5, 0.6) is 0 Å². The Hall–Kier alpha value is -2.32. The predicted octanol–water partition coefficient (Wildman–Crippen LogP) is 3.36. The van der Waals surface area contributed by atoms with Crippen LogP contribution in [0.4, 0.5) is 5.00 Å². The SMILES string of the molecule is CN=C(NCc1coc(-c2cccs2)n1)N1CCN(c2cccs2)CC1. The van der Waals surface area contributed by atoms with Gasteiger partial charge in [-0.15, -0.1) is 22.7 Å². The zero-order valence-electron chi connectivity index (χ0n) is 14.6. The van der Waals surface area contributed by atoms with Crippen molar-refractivity contribution in [3.63, 3.8) is 0 Å². The van der Waals surface area contributed by atoms with E-state index in [1.165, 1.54) is 5.00 Å². The number of oxazole rings is 1. The second-order valence-corrected chi connectivity index (χ2v) is 7.82. The van der Waals surface area contributed by atoms with Crippen LogP contribution >= 0.6 is 22.7 Å². The Morgan fingerprint density at radius 3 is 2.69 bits per heavy atom. The molecule has 1 aliphatic rings. The number of hydrogen-bond donors (Lipinski definition) is 1. The molecule has 1 fully saturated rings. The van der Waals surface area contributed by atoms with Gasteiger partial charge in [-0.25, -0.2) is 4.98 Å². The molecule has 0 saturated carbocycles. The molecule has 0 atom stereocenters. The van der Waals surface area contributed by atoms with E-state index in [2.05, 4.69) is 42.6 Å². The van der Waals surface area contributed by atoms with Crippen molar-refractivity contribution < 1.29 is 4.42 Å². The van der Waals surface area contributed by atoms with Gasteiger partial charge in [-0.05, 0) is 29.0 Å². The highest BCUT2D eigenvalue weighted by Crippen LogP contribution is 2.24. The molecule has 0 spiro atoms. The summed E-state index contributed by atoms with van der Waals surface area (Å²) >= 11 is 3.42. The molecule has 8 heteroatoms. The lowest BCUT2D eigenvalue weighted by Crippen LogP contribution is -2.52. The number of anilines is 1. The van der Waals surface area contributed by atoms with Gasteiger partial charge in [-0.2, -0.15) is 0 Å². The maximum Gasteiger partial charge on any atom is 0.236 e. The number of nitrogens with one attached hydrogen (secondary N) is 1. The Morgan fingerprint density at radius 1 is 1.19 bits per heavy atom. The molecule has 136 valence electrons. The number of aliphatic imine (C=N–C) groups is 1. The zero-order chi connectivity index (χ0) is 17.8. The fraction of sp³-hybridized carbons (Fsp3) is 0.333. The Balaban J connectivity index is 1.31. The van der Waals surface area contributed by atoms with E-state index in [0.717, 1.165) is 42.7 Å². The summed E-state index contributed by atoms with van der Waals surface area (Å²) in [6.45, 7) is 4.53. The van der Waals surface area contributed by atoms with Crippen molar-refractivity contribution in [1.82, 2.24) is 15.2 Å². The van der Waals surface area contributed by atoms with Gasteiger partial charge < -0.3 is 19.5 Å². The van der Waals surface area contributed by atoms with Gasteiger partial charge >= 0.3 is 0 Å². The van der Waals surface area contributed by atoms with Gasteiger partial charge in [0.1, 0.15) is 6.26 Å². The van der Waals surface area contributed by atoms with Crippen molar-refractivity contribution in [2.75, 3.05) is 38.1 Å². The highest BCUT2D eigenvalue weighted by Gasteiger charge is 2.20. The van der Waals surface area contributed by atoms with Crippen LogP contribution in [-0.2, 0) is 6.54 Å². The first kappa shape index (κ1) is 17.1. The highest BCUT2D eigenvalue weighted by molar-refractivity contribution is 7.14. The molecule has 0 amide bonds. The lowest BCUT2D eigenvalue weighted by atomic mass is 10.3. The minimum absolute atomic E-state index is 0.604. The van der Waals surface area contributed by atoms with Crippen molar-refractivity contribution in [3.8, 4) is 10.8 Å². The number of hydrogen-bond acceptors (Lipinski definition) is 6. The first-order chi connectivity index (χ1) is 12.8. The second kappa shape index (κ2) is 7.92. The van der Waals surface area contributed by atoms with Crippen molar-refractivity contribution in [2.24, 2.45) is 4.99 Å². The maximum atomic E-state index is 5.58. The third-order valence-electron chi connectivity index (χ3n) is 4.32. The lowest BCUT2D eigenvalue weighted by Gasteiger charge is -2.36. The Kier molecular flexibility index (Phi) is 5.21. The second-order valence-electron chi connectivity index (χ2n) is 5.95. The normalized spacial score (nSPS) is 15.5. The van der Waals surface area contributed by atoms with Crippen LogP contribution in [0.3, 0.4) is 0 Å². The van der Waals surface area contributed by atoms with E-state index in [1.807, 2.05) is 24.6 Å². The van der Waals surface area contributed by atoms with E-state index in [1.54, 1.807) is 28.9 Å². The van der Waals surface area contributed by atoms with Gasteiger partial charge in [0.2, 0.25) is 5.89 Å². The average molecular weight is 388 g/mol. The van der Waals surface area contributed by atoms with Crippen molar-refractivity contribution in [1.29, 1.82) is 0 Å². The third-order valence-corrected chi connectivity index (χ3v) is 6.11. The number of thiophene rings is 2. The molecule has 4 rings (SSSR count). The fourth-order valence-corrected chi connectivity index (χ4v) is 4.43. The Labute approximate surface area is 160 Å². The van der Waals surface area contributed by atoms with Gasteiger partial charge in [0.25, 0.3) is 0 Å². The molecule has 4 heterocycles. The van der Waals surface area contributed by atoms with E-state index < -0.39 is 0 Å². The number of nitrogens with zero attached hydrogens (tertiary/aromatic N) is 4. The zero-order valence-corrected chi connectivity index (χ0v) is 16.2. The topological polar surface area (TPSA) is 56.9 Å². The van der Waals surface area contributed by atoms with Gasteiger partial charge in [0.15, 0.2) is 5.96 Å². The molecule has 1 N–H and O–H groups in total. The molecule has 0 aliphatic carbocycles. The number of rotatable bonds is 4. The largest absolute Gasteiger partial charge is 0.443 e. The van der Waals surface area contributed by atoms with Gasteiger partial charge in [-0.1, -0.05) is 6.07 Å². The van der Waals surface area contributed by atoms with Crippen molar-refractivity contribution >= 4 is 33.6 Å². The molecule has 3 aromatic heterocycles. The Morgan fingerprint density at radius 2 is 2.00 bits per heavy atom. The number of aromatic nitrogens is 1. The van der Waals surface area contributed by atoms with Crippen LogP contribution in [-0.4, -0.2) is 49.1 Å². The average Bonchev–Trinajstić information content (AvgIpc) is 3.43. The van der Waals surface area contributed by atoms with Crippen LogP contribution in [0.15, 0.2) is 50.7 Å². The Bertz CT molecular complexity index is 833. The monoisotopic (exact) mass is 387 g/mol. The predicted molar refractivity (Wildman–Crippen MR) is 108 cm³/mol. The molecule has 3 aromatic rings. The van der Waals surface area contributed by atoms with Crippen LogP contribution < -0.4 is 10.2 Å². The first-order valence-corrected chi connectivity index (χ1v) is 10.3. The molecule has 1 aliphatic heterocycles. The molecule has 0 radical (unpaired) electrons. The summed E-state index contributed by atoms with van der Waals surface area (Å²) in [4.78, 5) is 14.8. The molecular formula is C18H21N5OS2. The van der Waals surface area contributed by atoms with Crippen LogP contribution in [0, 0.1) is 0 Å². The number of piperazine rings is 1. The van der Waals surface area contributed by atoms with E-state index in [0.29, 0.717) is 12.4 Å². The molecule has 0 aromatic carbocycles. The van der Waals surface area contributed by atoms with Gasteiger partial charge in [0.05, 0.1) is 22.1 Å². The van der Waals surface area contributed by atoms with E-state index in [9.17, 15) is 0 Å². The quantitative estimate of drug-likeness (QED) is 0.549. The summed E-state index contributed by atoms with van der Waals surface area (Å²) < 4.78 is 5.58. The summed E-state index contributed by atoms with van der Waals surface area (Å²) in [6, 6.07) is 8.30. The molecule has 26 heavy (non-hydrogen) atoms. The molecule has 1 saturated heterocycles.